The lowest BCUT2D eigenvalue weighted by Crippen LogP contribution is -2.03. The first-order valence-electron chi connectivity index (χ1n) is 6.05. The molecule has 0 aromatic heterocycles. The van der Waals surface area contributed by atoms with Crippen LogP contribution in [0.2, 0.25) is 0 Å². The third-order valence-electron chi connectivity index (χ3n) is 2.37. The van der Waals surface area contributed by atoms with E-state index in [1.807, 2.05) is 24.3 Å². The van der Waals surface area contributed by atoms with E-state index in [2.05, 4.69) is 4.85 Å². The molecule has 0 unspecified atom stereocenters. The minimum atomic E-state index is -0.287. The Morgan fingerprint density at radius 2 is 2.11 bits per heavy atom. The van der Waals surface area contributed by atoms with Gasteiger partial charge in [-0.1, -0.05) is 24.3 Å². The molecular weight excluding hydrogens is 226 g/mol. The first-order chi connectivity index (χ1) is 8.77. The van der Waals surface area contributed by atoms with Gasteiger partial charge in [0.2, 0.25) is 6.54 Å². The van der Waals surface area contributed by atoms with E-state index in [0.29, 0.717) is 18.7 Å². The zero-order chi connectivity index (χ0) is 13.2. The Hall–Kier alpha value is -2.08. The number of nitrogens with zero attached hydrogens (tertiary/aromatic N) is 1. The lowest BCUT2D eigenvalue weighted by molar-refractivity contribution is 0.0526. The molecular formula is C15H17NO2. The van der Waals surface area contributed by atoms with Crippen LogP contribution >= 0.6 is 0 Å². The Bertz CT molecular complexity index is 441. The maximum Gasteiger partial charge on any atom is 0.338 e. The van der Waals surface area contributed by atoms with E-state index in [1.54, 1.807) is 19.1 Å². The summed E-state index contributed by atoms with van der Waals surface area (Å²) in [5.74, 6) is -0.287. The van der Waals surface area contributed by atoms with Crippen LogP contribution in [-0.2, 0) is 4.74 Å². The fourth-order valence-electron chi connectivity index (χ4n) is 1.45. The highest BCUT2D eigenvalue weighted by molar-refractivity contribution is 5.89. The molecule has 1 rings (SSSR count). The number of unbranched alkanes of at least 4 members (excludes halogenated alkanes) is 1. The summed E-state index contributed by atoms with van der Waals surface area (Å²) in [6.07, 6.45) is 5.84. The average molecular weight is 243 g/mol. The summed E-state index contributed by atoms with van der Waals surface area (Å²) in [6.45, 7) is 9.41. The van der Waals surface area contributed by atoms with Crippen molar-refractivity contribution < 1.29 is 9.53 Å². The number of ether oxygens (including phenoxy) is 1. The van der Waals surface area contributed by atoms with Crippen molar-refractivity contribution in [2.45, 2.75) is 19.8 Å². The SMILES string of the molecule is [C-]#[N+]CCC/C=C/c1ccc(C(=O)OCC)cc1. The highest BCUT2D eigenvalue weighted by Crippen LogP contribution is 2.08. The molecule has 0 aliphatic carbocycles. The summed E-state index contributed by atoms with van der Waals surface area (Å²) < 4.78 is 4.91. The van der Waals surface area contributed by atoms with E-state index in [-0.39, 0.29) is 5.97 Å². The van der Waals surface area contributed by atoms with Crippen LogP contribution in [0.3, 0.4) is 0 Å². The van der Waals surface area contributed by atoms with E-state index < -0.39 is 0 Å². The molecule has 1 aromatic rings. The van der Waals surface area contributed by atoms with Crippen molar-refractivity contribution in [3.8, 4) is 0 Å². The maximum absolute atomic E-state index is 11.4. The van der Waals surface area contributed by atoms with Gasteiger partial charge in [-0.25, -0.2) is 11.4 Å². The minimum absolute atomic E-state index is 0.287. The number of rotatable bonds is 6. The van der Waals surface area contributed by atoms with E-state index in [9.17, 15) is 4.79 Å². The molecule has 0 heterocycles. The van der Waals surface area contributed by atoms with Crippen LogP contribution in [0.1, 0.15) is 35.7 Å². The number of benzene rings is 1. The smallest absolute Gasteiger partial charge is 0.338 e. The first kappa shape index (κ1) is 14.0. The molecule has 3 heteroatoms. The van der Waals surface area contributed by atoms with Gasteiger partial charge < -0.3 is 9.58 Å². The Morgan fingerprint density at radius 3 is 2.72 bits per heavy atom. The van der Waals surface area contributed by atoms with E-state index in [1.165, 1.54) is 0 Å². The van der Waals surface area contributed by atoms with Crippen LogP contribution < -0.4 is 0 Å². The van der Waals surface area contributed by atoms with Crippen LogP contribution in [0.25, 0.3) is 10.9 Å². The van der Waals surface area contributed by atoms with Gasteiger partial charge in [0.25, 0.3) is 0 Å². The van der Waals surface area contributed by atoms with Crippen LogP contribution in [0.4, 0.5) is 0 Å². The predicted octanol–water partition coefficient (Wildman–Crippen LogP) is 3.58. The summed E-state index contributed by atoms with van der Waals surface area (Å²) in [7, 11) is 0. The van der Waals surface area contributed by atoms with Crippen molar-refractivity contribution in [2.24, 2.45) is 0 Å². The monoisotopic (exact) mass is 243 g/mol. The topological polar surface area (TPSA) is 30.7 Å². The lowest BCUT2D eigenvalue weighted by atomic mass is 10.1. The van der Waals surface area contributed by atoms with E-state index >= 15 is 0 Å². The van der Waals surface area contributed by atoms with Crippen molar-refractivity contribution in [1.29, 1.82) is 0 Å². The number of carbonyl (C=O) groups is 1. The van der Waals surface area contributed by atoms with Gasteiger partial charge in [0.1, 0.15) is 0 Å². The minimum Gasteiger partial charge on any atom is -0.462 e. The lowest BCUT2D eigenvalue weighted by Gasteiger charge is -2.01. The molecule has 1 aromatic carbocycles. The Kier molecular flexibility index (Phi) is 6.27. The van der Waals surface area contributed by atoms with Gasteiger partial charge in [0.15, 0.2) is 0 Å². The molecule has 94 valence electrons. The van der Waals surface area contributed by atoms with Crippen LogP contribution in [0, 0.1) is 6.57 Å². The van der Waals surface area contributed by atoms with Crippen molar-refractivity contribution >= 4 is 12.0 Å². The second-order valence-corrected chi connectivity index (χ2v) is 3.77. The Labute approximate surface area is 108 Å². The van der Waals surface area contributed by atoms with Crippen LogP contribution in [0.5, 0.6) is 0 Å². The number of hydrogen-bond donors (Lipinski definition) is 0. The molecule has 0 aliphatic rings. The second-order valence-electron chi connectivity index (χ2n) is 3.77. The third-order valence-corrected chi connectivity index (χ3v) is 2.37. The van der Waals surface area contributed by atoms with Gasteiger partial charge in [-0.3, -0.25) is 0 Å². The molecule has 0 saturated heterocycles. The van der Waals surface area contributed by atoms with Crippen molar-refractivity contribution in [2.75, 3.05) is 13.2 Å². The highest BCUT2D eigenvalue weighted by Gasteiger charge is 2.04. The molecule has 0 aliphatic heterocycles. The normalized spacial score (nSPS) is 10.2. The van der Waals surface area contributed by atoms with Crippen molar-refractivity contribution in [3.63, 3.8) is 0 Å². The summed E-state index contributed by atoms with van der Waals surface area (Å²) in [5.41, 5.74) is 1.62. The zero-order valence-electron chi connectivity index (χ0n) is 10.6. The maximum atomic E-state index is 11.4. The summed E-state index contributed by atoms with van der Waals surface area (Å²) in [5, 5.41) is 0. The van der Waals surface area contributed by atoms with Gasteiger partial charge >= 0.3 is 5.97 Å². The largest absolute Gasteiger partial charge is 0.462 e. The Morgan fingerprint density at radius 1 is 1.39 bits per heavy atom. The average Bonchev–Trinajstić information content (AvgIpc) is 2.39. The highest BCUT2D eigenvalue weighted by atomic mass is 16.5. The van der Waals surface area contributed by atoms with E-state index in [4.69, 9.17) is 11.3 Å². The third kappa shape index (κ3) is 4.84. The van der Waals surface area contributed by atoms with Gasteiger partial charge in [0.05, 0.1) is 12.2 Å². The van der Waals surface area contributed by atoms with Gasteiger partial charge in [0, 0.05) is 6.42 Å². The molecule has 0 spiro atoms. The number of hydrogen-bond acceptors (Lipinski definition) is 2. The molecule has 0 amide bonds. The molecule has 0 N–H and O–H groups in total. The zero-order valence-corrected chi connectivity index (χ0v) is 10.6. The Balaban J connectivity index is 2.50. The quantitative estimate of drug-likeness (QED) is 0.434. The van der Waals surface area contributed by atoms with Crippen molar-refractivity contribution in [1.82, 2.24) is 0 Å². The molecule has 3 nitrogen and oxygen atoms in total. The second kappa shape index (κ2) is 8.08. The van der Waals surface area contributed by atoms with Gasteiger partial charge in [-0.05, 0) is 31.0 Å². The fourth-order valence-corrected chi connectivity index (χ4v) is 1.45. The molecule has 0 radical (unpaired) electrons. The number of carbonyl (C=O) groups excluding carboxylic acids is 1. The summed E-state index contributed by atoms with van der Waals surface area (Å²) >= 11 is 0. The van der Waals surface area contributed by atoms with Gasteiger partial charge in [-0.2, -0.15) is 0 Å². The molecule has 0 bridgehead atoms. The molecule has 0 fully saturated rings. The van der Waals surface area contributed by atoms with Crippen LogP contribution in [-0.4, -0.2) is 19.1 Å². The first-order valence-corrected chi connectivity index (χ1v) is 6.05. The van der Waals surface area contributed by atoms with Crippen LogP contribution in [0.15, 0.2) is 30.3 Å². The summed E-state index contributed by atoms with van der Waals surface area (Å²) in [6, 6.07) is 7.29. The number of allylic oxidation sites excluding steroid dienone is 1. The molecule has 0 saturated carbocycles. The number of esters is 1. The molecule has 0 atom stereocenters. The fraction of sp³-hybridized carbons (Fsp3) is 0.333. The predicted molar refractivity (Wildman–Crippen MR) is 72.1 cm³/mol. The van der Waals surface area contributed by atoms with Crippen molar-refractivity contribution in [3.05, 3.63) is 52.9 Å². The van der Waals surface area contributed by atoms with E-state index in [0.717, 1.165) is 18.4 Å². The van der Waals surface area contributed by atoms with Gasteiger partial charge in [-0.15, -0.1) is 0 Å². The molecule has 18 heavy (non-hydrogen) atoms. The summed E-state index contributed by atoms with van der Waals surface area (Å²) in [4.78, 5) is 14.7. The standard InChI is InChI=1S/C15H17NO2/c1-3-18-15(17)14-10-8-13(9-11-14)7-5-4-6-12-16-2/h5,7-11H,3-4,6,12H2,1H3/b7-5+.